The number of amides is 1. The number of nitrogens with one attached hydrogen (secondary N) is 2. The molecule has 0 aliphatic carbocycles. The van der Waals surface area contributed by atoms with E-state index in [2.05, 4.69) is 47.8 Å². The lowest BCUT2D eigenvalue weighted by Gasteiger charge is -2.15. The van der Waals surface area contributed by atoms with Crippen LogP contribution in [-0.2, 0) is 17.9 Å². The summed E-state index contributed by atoms with van der Waals surface area (Å²) in [4.78, 5) is 14.1. The maximum Gasteiger partial charge on any atom is 0.220 e. The Balaban J connectivity index is 0.00000242. The van der Waals surface area contributed by atoms with Gasteiger partial charge < -0.3 is 15.5 Å². The second-order valence-electron chi connectivity index (χ2n) is 6.12. The zero-order chi connectivity index (χ0) is 15.1. The van der Waals surface area contributed by atoms with E-state index in [1.54, 1.807) is 0 Å². The average Bonchev–Trinajstić information content (AvgIpc) is 2.97. The molecule has 1 aromatic carbocycles. The van der Waals surface area contributed by atoms with Gasteiger partial charge in [0.2, 0.25) is 5.91 Å². The van der Waals surface area contributed by atoms with Gasteiger partial charge in [-0.2, -0.15) is 0 Å². The fraction of sp³-hybridized carbons (Fsp3) is 0.588. The Morgan fingerprint density at radius 3 is 2.57 bits per heavy atom. The van der Waals surface area contributed by atoms with E-state index in [1.165, 1.54) is 24.0 Å². The van der Waals surface area contributed by atoms with E-state index in [9.17, 15) is 4.79 Å². The highest BCUT2D eigenvalue weighted by atomic mass is 35.5. The molecule has 0 saturated carbocycles. The maximum absolute atomic E-state index is 12.0. The van der Waals surface area contributed by atoms with Gasteiger partial charge in [-0.25, -0.2) is 0 Å². The predicted octanol–water partition coefficient (Wildman–Crippen LogP) is 2.74. The highest BCUT2D eigenvalue weighted by Crippen LogP contribution is 2.12. The lowest BCUT2D eigenvalue weighted by molar-refractivity contribution is -0.121. The van der Waals surface area contributed by atoms with Gasteiger partial charge >= 0.3 is 0 Å². The Kier molecular flexibility index (Phi) is 11.3. The maximum atomic E-state index is 12.0. The average molecular weight is 362 g/mol. The standard InChI is InChI=1S/C17H27N3O.2ClH/c1-20(2)13-15-7-4-3-6-14(15)12-19-17(21)10-9-16-8-5-11-18-16;;/h3-4,6-7,16,18H,5,8-13H2,1-2H3,(H,19,21);2*1H. The third kappa shape index (κ3) is 8.02. The molecule has 6 heteroatoms. The molecule has 1 amide bonds. The zero-order valence-electron chi connectivity index (χ0n) is 14.0. The first-order valence-electron chi connectivity index (χ1n) is 7.87. The summed E-state index contributed by atoms with van der Waals surface area (Å²) in [6, 6.07) is 8.84. The van der Waals surface area contributed by atoms with Gasteiger partial charge in [-0.1, -0.05) is 24.3 Å². The van der Waals surface area contributed by atoms with E-state index in [0.29, 0.717) is 19.0 Å². The van der Waals surface area contributed by atoms with Crippen molar-refractivity contribution >= 4 is 30.7 Å². The van der Waals surface area contributed by atoms with Crippen molar-refractivity contribution in [3.05, 3.63) is 35.4 Å². The van der Waals surface area contributed by atoms with Gasteiger partial charge in [0.25, 0.3) is 0 Å². The number of rotatable bonds is 7. The number of halogens is 2. The Morgan fingerprint density at radius 2 is 1.96 bits per heavy atom. The van der Waals surface area contributed by atoms with Crippen LogP contribution in [0.2, 0.25) is 0 Å². The Morgan fingerprint density at radius 1 is 1.26 bits per heavy atom. The molecule has 1 fully saturated rings. The molecule has 0 aromatic heterocycles. The fourth-order valence-electron chi connectivity index (χ4n) is 2.82. The van der Waals surface area contributed by atoms with Crippen LogP contribution in [0.1, 0.15) is 36.8 Å². The van der Waals surface area contributed by atoms with E-state index < -0.39 is 0 Å². The molecular formula is C17H29Cl2N3O. The lowest BCUT2D eigenvalue weighted by atomic mass is 10.1. The van der Waals surface area contributed by atoms with Gasteiger partial charge in [0.15, 0.2) is 0 Å². The van der Waals surface area contributed by atoms with Gasteiger partial charge in [-0.05, 0) is 51.0 Å². The Labute approximate surface area is 152 Å². The van der Waals surface area contributed by atoms with Crippen LogP contribution in [0.25, 0.3) is 0 Å². The Bertz CT molecular complexity index is 463. The normalized spacial score (nSPS) is 16.6. The minimum Gasteiger partial charge on any atom is -0.352 e. The molecule has 1 unspecified atom stereocenters. The number of hydrogen-bond donors (Lipinski definition) is 2. The van der Waals surface area contributed by atoms with Crippen LogP contribution in [-0.4, -0.2) is 37.5 Å². The summed E-state index contributed by atoms with van der Waals surface area (Å²) in [5.74, 6) is 0.156. The SMILES string of the molecule is CN(C)Cc1ccccc1CNC(=O)CCC1CCCN1.Cl.Cl. The van der Waals surface area contributed by atoms with Crippen LogP contribution >= 0.6 is 24.8 Å². The van der Waals surface area contributed by atoms with Gasteiger partial charge in [-0.3, -0.25) is 4.79 Å². The summed E-state index contributed by atoms with van der Waals surface area (Å²) in [6.07, 6.45) is 4.02. The summed E-state index contributed by atoms with van der Waals surface area (Å²) in [7, 11) is 4.12. The molecule has 1 saturated heterocycles. The quantitative estimate of drug-likeness (QED) is 0.784. The topological polar surface area (TPSA) is 44.4 Å². The van der Waals surface area contributed by atoms with E-state index in [-0.39, 0.29) is 30.7 Å². The molecule has 132 valence electrons. The van der Waals surface area contributed by atoms with Gasteiger partial charge in [-0.15, -0.1) is 24.8 Å². The monoisotopic (exact) mass is 361 g/mol. The molecule has 2 N–H and O–H groups in total. The number of hydrogen-bond acceptors (Lipinski definition) is 3. The van der Waals surface area contributed by atoms with Crippen LogP contribution in [0.15, 0.2) is 24.3 Å². The molecule has 1 heterocycles. The van der Waals surface area contributed by atoms with Gasteiger partial charge in [0.1, 0.15) is 0 Å². The van der Waals surface area contributed by atoms with Crippen molar-refractivity contribution in [2.24, 2.45) is 0 Å². The third-order valence-corrected chi connectivity index (χ3v) is 3.96. The van der Waals surface area contributed by atoms with Crippen molar-refractivity contribution in [1.29, 1.82) is 0 Å². The summed E-state index contributed by atoms with van der Waals surface area (Å²) >= 11 is 0. The Hall–Kier alpha value is -0.810. The van der Waals surface area contributed by atoms with E-state index in [0.717, 1.165) is 19.5 Å². The van der Waals surface area contributed by atoms with Gasteiger partial charge in [0.05, 0.1) is 0 Å². The number of carbonyl (C=O) groups is 1. The highest BCUT2D eigenvalue weighted by molar-refractivity contribution is 5.85. The lowest BCUT2D eigenvalue weighted by Crippen LogP contribution is -2.27. The fourth-order valence-corrected chi connectivity index (χ4v) is 2.82. The van der Waals surface area contributed by atoms with Crippen LogP contribution in [0.4, 0.5) is 0 Å². The van der Waals surface area contributed by atoms with Crippen molar-refractivity contribution in [3.8, 4) is 0 Å². The third-order valence-electron chi connectivity index (χ3n) is 3.96. The molecule has 23 heavy (non-hydrogen) atoms. The van der Waals surface area contributed by atoms with Crippen molar-refractivity contribution in [2.45, 2.75) is 44.8 Å². The predicted molar refractivity (Wildman–Crippen MR) is 100 cm³/mol. The highest BCUT2D eigenvalue weighted by Gasteiger charge is 2.15. The minimum atomic E-state index is 0. The minimum absolute atomic E-state index is 0. The summed E-state index contributed by atoms with van der Waals surface area (Å²) < 4.78 is 0. The van der Waals surface area contributed by atoms with Crippen LogP contribution in [0.3, 0.4) is 0 Å². The second kappa shape index (κ2) is 11.7. The van der Waals surface area contributed by atoms with Crippen LogP contribution in [0.5, 0.6) is 0 Å². The van der Waals surface area contributed by atoms with Crippen molar-refractivity contribution in [1.82, 2.24) is 15.5 Å². The van der Waals surface area contributed by atoms with Crippen molar-refractivity contribution in [3.63, 3.8) is 0 Å². The molecule has 0 bridgehead atoms. The van der Waals surface area contributed by atoms with Gasteiger partial charge in [0, 0.05) is 25.6 Å². The molecule has 1 atom stereocenters. The number of benzene rings is 1. The summed E-state index contributed by atoms with van der Waals surface area (Å²) in [5.41, 5.74) is 2.49. The van der Waals surface area contributed by atoms with Crippen LogP contribution < -0.4 is 10.6 Å². The van der Waals surface area contributed by atoms with Crippen LogP contribution in [0, 0.1) is 0 Å². The molecule has 1 aliphatic heterocycles. The summed E-state index contributed by atoms with van der Waals surface area (Å²) in [5, 5.41) is 6.48. The molecule has 0 spiro atoms. The first-order chi connectivity index (χ1) is 10.1. The van der Waals surface area contributed by atoms with Crippen molar-refractivity contribution < 1.29 is 4.79 Å². The first kappa shape index (κ1) is 22.2. The largest absolute Gasteiger partial charge is 0.352 e. The zero-order valence-corrected chi connectivity index (χ0v) is 15.6. The smallest absolute Gasteiger partial charge is 0.220 e. The molecule has 1 aliphatic rings. The summed E-state index contributed by atoms with van der Waals surface area (Å²) in [6.45, 7) is 2.63. The first-order valence-corrected chi connectivity index (χ1v) is 7.87. The van der Waals surface area contributed by atoms with Crippen molar-refractivity contribution in [2.75, 3.05) is 20.6 Å². The second-order valence-corrected chi connectivity index (χ2v) is 6.12. The van der Waals surface area contributed by atoms with E-state index in [4.69, 9.17) is 0 Å². The molecular weight excluding hydrogens is 333 g/mol. The van der Waals surface area contributed by atoms with E-state index >= 15 is 0 Å². The molecule has 4 nitrogen and oxygen atoms in total. The number of carbonyl (C=O) groups excluding carboxylic acids is 1. The van der Waals surface area contributed by atoms with E-state index in [1.807, 2.05) is 6.07 Å². The number of nitrogens with zero attached hydrogens (tertiary/aromatic N) is 1. The molecule has 2 rings (SSSR count). The molecule has 0 radical (unpaired) electrons. The molecule has 1 aromatic rings.